The van der Waals surface area contributed by atoms with Crippen LogP contribution in [0.25, 0.3) is 28.0 Å². The van der Waals surface area contributed by atoms with Crippen LogP contribution < -0.4 is 11.2 Å². The Kier molecular flexibility index (Phi) is 5.01. The molecule has 0 N–H and O–H groups in total. The second kappa shape index (κ2) is 8.02. The molecule has 0 amide bonds. The van der Waals surface area contributed by atoms with E-state index in [1.807, 2.05) is 57.2 Å². The number of hydrogen-bond acceptors (Lipinski definition) is 5. The van der Waals surface area contributed by atoms with Crippen LogP contribution in [0.1, 0.15) is 22.6 Å². The molecule has 0 fully saturated rings. The lowest BCUT2D eigenvalue weighted by atomic mass is 10.1. The summed E-state index contributed by atoms with van der Waals surface area (Å²) >= 11 is 0. The largest absolute Gasteiger partial charge is 0.337 e. The van der Waals surface area contributed by atoms with Gasteiger partial charge in [0.2, 0.25) is 11.7 Å². The van der Waals surface area contributed by atoms with E-state index in [4.69, 9.17) is 4.52 Å². The van der Waals surface area contributed by atoms with Crippen LogP contribution in [0.2, 0.25) is 0 Å². The Morgan fingerprint density at radius 2 is 1.64 bits per heavy atom. The average Bonchev–Trinajstić information content (AvgIpc) is 3.28. The Balaban J connectivity index is 1.66. The number of para-hydroxylation sites is 1. The highest BCUT2D eigenvalue weighted by atomic mass is 16.5. The quantitative estimate of drug-likeness (QED) is 0.420. The molecule has 2 heterocycles. The van der Waals surface area contributed by atoms with Crippen molar-refractivity contribution in [2.75, 3.05) is 0 Å². The highest BCUT2D eigenvalue weighted by Crippen LogP contribution is 2.18. The minimum atomic E-state index is -0.461. The van der Waals surface area contributed by atoms with Crippen molar-refractivity contribution in [2.45, 2.75) is 27.3 Å². The normalized spacial score (nSPS) is 11.2. The van der Waals surface area contributed by atoms with E-state index < -0.39 is 5.69 Å². The third-order valence-corrected chi connectivity index (χ3v) is 5.87. The van der Waals surface area contributed by atoms with Crippen LogP contribution in [0.5, 0.6) is 0 Å². The molecule has 0 aliphatic carbocycles. The third-order valence-electron chi connectivity index (χ3n) is 5.87. The third kappa shape index (κ3) is 3.67. The summed E-state index contributed by atoms with van der Waals surface area (Å²) in [6.45, 7) is 5.99. The van der Waals surface area contributed by atoms with Crippen molar-refractivity contribution in [2.24, 2.45) is 0 Å². The van der Waals surface area contributed by atoms with Crippen LogP contribution in [-0.4, -0.2) is 19.3 Å². The lowest BCUT2D eigenvalue weighted by Crippen LogP contribution is -2.39. The van der Waals surface area contributed by atoms with Gasteiger partial charge in [-0.15, -0.1) is 0 Å². The van der Waals surface area contributed by atoms with Gasteiger partial charge in [0.05, 0.1) is 16.6 Å². The lowest BCUT2D eigenvalue weighted by Gasteiger charge is -2.13. The van der Waals surface area contributed by atoms with Crippen LogP contribution in [0.3, 0.4) is 0 Å². The fourth-order valence-corrected chi connectivity index (χ4v) is 3.84. The van der Waals surface area contributed by atoms with Gasteiger partial charge in [0.1, 0.15) is 6.54 Å². The van der Waals surface area contributed by atoms with Gasteiger partial charge in [0, 0.05) is 5.56 Å². The van der Waals surface area contributed by atoms with E-state index in [2.05, 4.69) is 10.1 Å². The van der Waals surface area contributed by atoms with Crippen LogP contribution in [-0.2, 0) is 6.54 Å². The molecule has 7 nitrogen and oxygen atoms in total. The molecular formula is C26H22N4O3. The summed E-state index contributed by atoms with van der Waals surface area (Å²) in [4.78, 5) is 31.3. The van der Waals surface area contributed by atoms with Gasteiger partial charge in [-0.05, 0) is 56.2 Å². The zero-order valence-corrected chi connectivity index (χ0v) is 18.6. The molecule has 0 radical (unpaired) electrons. The first-order valence-corrected chi connectivity index (χ1v) is 10.6. The summed E-state index contributed by atoms with van der Waals surface area (Å²) in [5.41, 5.74) is 4.27. The predicted molar refractivity (Wildman–Crippen MR) is 127 cm³/mol. The van der Waals surface area contributed by atoms with E-state index in [0.29, 0.717) is 22.4 Å². The highest BCUT2D eigenvalue weighted by molar-refractivity contribution is 5.78. The molecule has 2 aromatic heterocycles. The Bertz CT molecular complexity index is 1610. The molecule has 164 valence electrons. The standard InChI is InChI=1S/C26H22N4O3/c1-16-8-11-19(12-9-16)24-27-23(33-28-24)15-29-22-7-5-4-6-21(22)25(31)30(26(29)32)20-13-10-17(2)18(3)14-20/h4-14H,15H2,1-3H3. The minimum Gasteiger partial charge on any atom is -0.337 e. The van der Waals surface area contributed by atoms with E-state index in [0.717, 1.165) is 22.3 Å². The number of aryl methyl sites for hydroxylation is 3. The molecule has 0 aliphatic heterocycles. The monoisotopic (exact) mass is 438 g/mol. The van der Waals surface area contributed by atoms with Crippen molar-refractivity contribution in [3.05, 3.63) is 110 Å². The number of benzene rings is 3. The number of fused-ring (bicyclic) bond motifs is 1. The Morgan fingerprint density at radius 3 is 2.39 bits per heavy atom. The predicted octanol–water partition coefficient (Wildman–Crippen LogP) is 4.18. The molecule has 0 spiro atoms. The number of rotatable bonds is 4. The van der Waals surface area contributed by atoms with E-state index in [1.165, 1.54) is 9.13 Å². The van der Waals surface area contributed by atoms with Crippen molar-refractivity contribution >= 4 is 10.9 Å². The van der Waals surface area contributed by atoms with Gasteiger partial charge >= 0.3 is 5.69 Å². The maximum atomic E-state index is 13.6. The van der Waals surface area contributed by atoms with Gasteiger partial charge in [-0.2, -0.15) is 4.98 Å². The Morgan fingerprint density at radius 1 is 0.879 bits per heavy atom. The molecule has 0 saturated carbocycles. The first kappa shape index (κ1) is 20.6. The van der Waals surface area contributed by atoms with Gasteiger partial charge in [-0.3, -0.25) is 9.36 Å². The topological polar surface area (TPSA) is 82.9 Å². The summed E-state index contributed by atoms with van der Waals surface area (Å²) in [6.07, 6.45) is 0. The first-order chi connectivity index (χ1) is 15.9. The van der Waals surface area contributed by atoms with Crippen LogP contribution in [0, 0.1) is 20.8 Å². The fourth-order valence-electron chi connectivity index (χ4n) is 3.84. The summed E-state index contributed by atoms with van der Waals surface area (Å²) < 4.78 is 8.16. The smallest absolute Gasteiger partial charge is 0.336 e. The fraction of sp³-hybridized carbons (Fsp3) is 0.154. The van der Waals surface area contributed by atoms with E-state index in [1.54, 1.807) is 30.3 Å². The second-order valence-electron chi connectivity index (χ2n) is 8.17. The summed E-state index contributed by atoms with van der Waals surface area (Å²) in [5.74, 6) is 0.730. The summed E-state index contributed by atoms with van der Waals surface area (Å²) in [7, 11) is 0. The van der Waals surface area contributed by atoms with Gasteiger partial charge in [-0.25, -0.2) is 9.36 Å². The molecule has 0 bridgehead atoms. The van der Waals surface area contributed by atoms with Gasteiger partial charge in [0.15, 0.2) is 0 Å². The molecule has 0 aliphatic rings. The molecule has 0 unspecified atom stereocenters. The molecular weight excluding hydrogens is 416 g/mol. The molecule has 5 aromatic rings. The molecule has 0 atom stereocenters. The second-order valence-corrected chi connectivity index (χ2v) is 8.17. The van der Waals surface area contributed by atoms with Crippen LogP contribution in [0.15, 0.2) is 80.8 Å². The summed E-state index contributed by atoms with van der Waals surface area (Å²) in [6, 6.07) is 20.4. The maximum Gasteiger partial charge on any atom is 0.336 e. The summed E-state index contributed by atoms with van der Waals surface area (Å²) in [5, 5.41) is 4.51. The number of nitrogens with zero attached hydrogens (tertiary/aromatic N) is 4. The highest BCUT2D eigenvalue weighted by Gasteiger charge is 2.17. The molecule has 33 heavy (non-hydrogen) atoms. The van der Waals surface area contributed by atoms with Gasteiger partial charge < -0.3 is 4.52 Å². The van der Waals surface area contributed by atoms with Crippen molar-refractivity contribution in [1.29, 1.82) is 0 Å². The maximum absolute atomic E-state index is 13.6. The Hall–Kier alpha value is -4.26. The van der Waals surface area contributed by atoms with Crippen molar-refractivity contribution < 1.29 is 4.52 Å². The van der Waals surface area contributed by atoms with Crippen LogP contribution >= 0.6 is 0 Å². The molecule has 7 heteroatoms. The average molecular weight is 438 g/mol. The molecule has 3 aromatic carbocycles. The zero-order valence-electron chi connectivity index (χ0n) is 18.6. The van der Waals surface area contributed by atoms with E-state index in [9.17, 15) is 9.59 Å². The number of aromatic nitrogens is 4. The van der Waals surface area contributed by atoms with Crippen molar-refractivity contribution in [3.63, 3.8) is 0 Å². The van der Waals surface area contributed by atoms with Crippen molar-refractivity contribution in [1.82, 2.24) is 19.3 Å². The first-order valence-electron chi connectivity index (χ1n) is 10.6. The van der Waals surface area contributed by atoms with Crippen LogP contribution in [0.4, 0.5) is 0 Å². The molecule has 5 rings (SSSR count). The minimum absolute atomic E-state index is 0.0450. The SMILES string of the molecule is Cc1ccc(-c2noc(Cn3c(=O)n(-c4ccc(C)c(C)c4)c(=O)c4ccccc43)n2)cc1. The van der Waals surface area contributed by atoms with Gasteiger partial charge in [-0.1, -0.05) is 53.2 Å². The number of hydrogen-bond donors (Lipinski definition) is 0. The zero-order chi connectivity index (χ0) is 23.1. The molecule has 0 saturated heterocycles. The van der Waals surface area contributed by atoms with E-state index in [-0.39, 0.29) is 18.0 Å². The lowest BCUT2D eigenvalue weighted by molar-refractivity contribution is 0.370. The van der Waals surface area contributed by atoms with E-state index >= 15 is 0 Å². The Labute approximate surface area is 189 Å². The van der Waals surface area contributed by atoms with Crippen molar-refractivity contribution in [3.8, 4) is 17.1 Å². The van der Waals surface area contributed by atoms with Gasteiger partial charge in [0.25, 0.3) is 5.56 Å².